The first-order chi connectivity index (χ1) is 18.4. The molecule has 0 spiro atoms. The molecule has 1 amide bonds. The topological polar surface area (TPSA) is 154 Å². The third kappa shape index (κ3) is 8.12. The minimum absolute atomic E-state index is 0.105. The first-order valence-corrected chi connectivity index (χ1v) is 11.9. The van der Waals surface area contributed by atoms with Gasteiger partial charge in [0.2, 0.25) is 6.79 Å². The van der Waals surface area contributed by atoms with Crippen LogP contribution in [0.15, 0.2) is 71.7 Å². The molecule has 1 aromatic heterocycles. The van der Waals surface area contributed by atoms with E-state index < -0.39 is 42.2 Å². The van der Waals surface area contributed by atoms with Crippen LogP contribution in [0.4, 0.5) is 4.79 Å². The summed E-state index contributed by atoms with van der Waals surface area (Å²) in [7, 11) is 0. The molecule has 0 bridgehead atoms. The van der Waals surface area contributed by atoms with Crippen molar-refractivity contribution in [2.24, 2.45) is 0 Å². The number of ketones is 1. The summed E-state index contributed by atoms with van der Waals surface area (Å²) in [6.07, 6.45) is -0.0257. The molecular weight excluding hydrogens is 494 g/mol. The SMILES string of the molecule is CCOC(=O)OCOC(=O)CCCC(=O)c1ncc(C(=O)NC(c2ccccc2)c2ccccc2)c(=O)[nH]1. The molecule has 0 atom stereocenters. The number of esters is 1. The van der Waals surface area contributed by atoms with Crippen LogP contribution in [0.3, 0.4) is 0 Å². The molecule has 2 N–H and O–H groups in total. The molecule has 38 heavy (non-hydrogen) atoms. The Morgan fingerprint density at radius 3 is 2.11 bits per heavy atom. The Bertz CT molecular complexity index is 1270. The summed E-state index contributed by atoms with van der Waals surface area (Å²) in [5, 5.41) is 2.86. The van der Waals surface area contributed by atoms with E-state index in [1.807, 2.05) is 60.7 Å². The van der Waals surface area contributed by atoms with Crippen LogP contribution in [0.25, 0.3) is 0 Å². The van der Waals surface area contributed by atoms with Gasteiger partial charge in [0, 0.05) is 19.0 Å². The second kappa shape index (κ2) is 14.1. The Balaban J connectivity index is 1.57. The number of carbonyl (C=O) groups is 4. The van der Waals surface area contributed by atoms with Crippen LogP contribution in [0.5, 0.6) is 0 Å². The zero-order valence-electron chi connectivity index (χ0n) is 20.7. The van der Waals surface area contributed by atoms with Gasteiger partial charge < -0.3 is 24.5 Å². The molecule has 198 valence electrons. The first-order valence-electron chi connectivity index (χ1n) is 11.9. The quantitative estimate of drug-likeness (QED) is 0.207. The van der Waals surface area contributed by atoms with Crippen LogP contribution in [0.1, 0.15) is 64.3 Å². The van der Waals surface area contributed by atoms with Crippen molar-refractivity contribution < 1.29 is 33.4 Å². The lowest BCUT2D eigenvalue weighted by Crippen LogP contribution is -2.34. The molecule has 1 heterocycles. The summed E-state index contributed by atoms with van der Waals surface area (Å²) < 4.78 is 13.7. The van der Waals surface area contributed by atoms with E-state index in [9.17, 15) is 24.0 Å². The van der Waals surface area contributed by atoms with Gasteiger partial charge in [-0.05, 0) is 24.5 Å². The van der Waals surface area contributed by atoms with Crippen LogP contribution >= 0.6 is 0 Å². The summed E-state index contributed by atoms with van der Waals surface area (Å²) in [5.74, 6) is -2.07. The number of amides is 1. The van der Waals surface area contributed by atoms with Crippen molar-refractivity contribution in [1.82, 2.24) is 15.3 Å². The maximum absolute atomic E-state index is 13.0. The van der Waals surface area contributed by atoms with Gasteiger partial charge in [0.05, 0.1) is 12.6 Å². The van der Waals surface area contributed by atoms with Gasteiger partial charge in [-0.1, -0.05) is 60.7 Å². The number of carbonyl (C=O) groups excluding carboxylic acids is 4. The zero-order chi connectivity index (χ0) is 27.3. The standard InChI is InChI=1S/C27H27N3O8/c1-2-36-27(35)38-17-37-22(32)15-9-14-21(31)24-28-16-20(26(34)30-24)25(33)29-23(18-10-5-3-6-11-18)19-12-7-4-8-13-19/h3-8,10-13,16,23H,2,9,14-15,17H2,1H3,(H,29,33)(H,28,30,34). The van der Waals surface area contributed by atoms with E-state index in [4.69, 9.17) is 4.74 Å². The van der Waals surface area contributed by atoms with Gasteiger partial charge in [-0.3, -0.25) is 19.2 Å². The Hall–Kier alpha value is -4.80. The molecule has 11 nitrogen and oxygen atoms in total. The molecule has 0 radical (unpaired) electrons. The number of hydrogen-bond donors (Lipinski definition) is 2. The highest BCUT2D eigenvalue weighted by molar-refractivity contribution is 5.95. The van der Waals surface area contributed by atoms with Gasteiger partial charge in [0.1, 0.15) is 5.56 Å². The maximum atomic E-state index is 13.0. The summed E-state index contributed by atoms with van der Waals surface area (Å²) in [6.45, 7) is 1.12. The molecule has 3 rings (SSSR count). The first kappa shape index (κ1) is 27.8. The molecule has 0 saturated heterocycles. The average molecular weight is 522 g/mol. The van der Waals surface area contributed by atoms with E-state index in [1.54, 1.807) is 6.92 Å². The molecule has 0 aliphatic carbocycles. The second-order valence-electron chi connectivity index (χ2n) is 7.94. The molecule has 11 heteroatoms. The molecule has 2 aromatic carbocycles. The summed E-state index contributed by atoms with van der Waals surface area (Å²) in [6, 6.07) is 18.1. The van der Waals surface area contributed by atoms with Crippen molar-refractivity contribution in [1.29, 1.82) is 0 Å². The van der Waals surface area contributed by atoms with Crippen molar-refractivity contribution in [2.45, 2.75) is 32.2 Å². The van der Waals surface area contributed by atoms with Gasteiger partial charge in [-0.25, -0.2) is 9.78 Å². The molecule has 0 fully saturated rings. The molecular formula is C27H27N3O8. The number of aromatic amines is 1. The van der Waals surface area contributed by atoms with Crippen LogP contribution in [-0.4, -0.2) is 47.2 Å². The fourth-order valence-corrected chi connectivity index (χ4v) is 3.44. The van der Waals surface area contributed by atoms with E-state index >= 15 is 0 Å². The summed E-state index contributed by atoms with van der Waals surface area (Å²) in [4.78, 5) is 67.0. The smallest absolute Gasteiger partial charge is 0.435 e. The predicted octanol–water partition coefficient (Wildman–Crippen LogP) is 3.32. The Morgan fingerprint density at radius 2 is 1.53 bits per heavy atom. The maximum Gasteiger partial charge on any atom is 0.511 e. The lowest BCUT2D eigenvalue weighted by Gasteiger charge is -2.19. The third-order valence-corrected chi connectivity index (χ3v) is 5.29. The zero-order valence-corrected chi connectivity index (χ0v) is 20.7. The Labute approximate surface area is 218 Å². The fraction of sp³-hybridized carbons (Fsp3) is 0.259. The predicted molar refractivity (Wildman–Crippen MR) is 134 cm³/mol. The van der Waals surface area contributed by atoms with Gasteiger partial charge in [0.15, 0.2) is 11.6 Å². The molecule has 0 saturated carbocycles. The lowest BCUT2D eigenvalue weighted by atomic mass is 9.98. The molecule has 0 unspecified atom stereocenters. The Kier molecular flexibility index (Phi) is 10.3. The third-order valence-electron chi connectivity index (χ3n) is 5.29. The minimum atomic E-state index is -0.960. The summed E-state index contributed by atoms with van der Waals surface area (Å²) >= 11 is 0. The van der Waals surface area contributed by atoms with E-state index in [1.165, 1.54) is 0 Å². The van der Waals surface area contributed by atoms with Crippen molar-refractivity contribution in [3.8, 4) is 0 Å². The van der Waals surface area contributed by atoms with Gasteiger partial charge in [-0.15, -0.1) is 0 Å². The number of hydrogen-bond acceptors (Lipinski definition) is 9. The van der Waals surface area contributed by atoms with Gasteiger partial charge in [-0.2, -0.15) is 0 Å². The lowest BCUT2D eigenvalue weighted by molar-refractivity contribution is -0.153. The average Bonchev–Trinajstić information content (AvgIpc) is 2.92. The molecule has 3 aromatic rings. The van der Waals surface area contributed by atoms with Crippen molar-refractivity contribution in [3.05, 3.63) is 99.7 Å². The number of aromatic nitrogens is 2. The van der Waals surface area contributed by atoms with E-state index in [2.05, 4.69) is 24.8 Å². The highest BCUT2D eigenvalue weighted by Gasteiger charge is 2.21. The van der Waals surface area contributed by atoms with E-state index in [-0.39, 0.29) is 37.3 Å². The molecule has 0 aliphatic heterocycles. The number of benzene rings is 2. The monoisotopic (exact) mass is 521 g/mol. The van der Waals surface area contributed by atoms with Crippen molar-refractivity contribution >= 4 is 23.8 Å². The second-order valence-corrected chi connectivity index (χ2v) is 7.94. The van der Waals surface area contributed by atoms with E-state index in [0.29, 0.717) is 0 Å². The highest BCUT2D eigenvalue weighted by atomic mass is 16.8. The number of H-pyrrole nitrogens is 1. The number of ether oxygens (including phenoxy) is 3. The van der Waals surface area contributed by atoms with Crippen LogP contribution in [-0.2, 0) is 19.0 Å². The van der Waals surface area contributed by atoms with Gasteiger partial charge >= 0.3 is 12.1 Å². The molecule has 0 aliphatic rings. The number of nitrogens with zero attached hydrogens (tertiary/aromatic N) is 1. The van der Waals surface area contributed by atoms with E-state index in [0.717, 1.165) is 17.3 Å². The number of Topliss-reactive ketones (excluding diaryl/α,β-unsaturated/α-hetero) is 1. The van der Waals surface area contributed by atoms with Crippen molar-refractivity contribution in [3.63, 3.8) is 0 Å². The van der Waals surface area contributed by atoms with Crippen molar-refractivity contribution in [2.75, 3.05) is 13.4 Å². The number of nitrogens with one attached hydrogen (secondary N) is 2. The van der Waals surface area contributed by atoms with Crippen LogP contribution in [0.2, 0.25) is 0 Å². The highest BCUT2D eigenvalue weighted by Crippen LogP contribution is 2.22. The Morgan fingerprint density at radius 1 is 0.895 bits per heavy atom. The summed E-state index contributed by atoms with van der Waals surface area (Å²) in [5.41, 5.74) is 0.642. The van der Waals surface area contributed by atoms with Crippen LogP contribution in [0, 0.1) is 0 Å². The number of rotatable bonds is 12. The fourth-order valence-electron chi connectivity index (χ4n) is 3.44. The van der Waals surface area contributed by atoms with Gasteiger partial charge in [0.25, 0.3) is 11.5 Å². The minimum Gasteiger partial charge on any atom is -0.435 e. The normalized spacial score (nSPS) is 10.5. The van der Waals surface area contributed by atoms with Crippen LogP contribution < -0.4 is 10.9 Å². The largest absolute Gasteiger partial charge is 0.511 e.